The summed E-state index contributed by atoms with van der Waals surface area (Å²) in [5.74, 6) is 1.34. The van der Waals surface area contributed by atoms with E-state index in [1.807, 2.05) is 29.8 Å². The molecule has 0 radical (unpaired) electrons. The number of carbonyl (C=O) groups excluding carboxylic acids is 1. The van der Waals surface area contributed by atoms with Crippen molar-refractivity contribution in [3.05, 3.63) is 53.6 Å². The van der Waals surface area contributed by atoms with Gasteiger partial charge in [-0.15, -0.1) is 0 Å². The van der Waals surface area contributed by atoms with Crippen molar-refractivity contribution in [2.24, 2.45) is 5.92 Å². The minimum Gasteiger partial charge on any atom is -0.310 e. The second kappa shape index (κ2) is 6.51. The molecule has 0 saturated heterocycles. The zero-order valence-electron chi connectivity index (χ0n) is 16.5. The summed E-state index contributed by atoms with van der Waals surface area (Å²) in [6.07, 6.45) is 5.14. The van der Waals surface area contributed by atoms with Gasteiger partial charge in [-0.25, -0.2) is 14.6 Å². The van der Waals surface area contributed by atoms with Crippen LogP contribution in [0.15, 0.2) is 36.8 Å². The van der Waals surface area contributed by atoms with Crippen molar-refractivity contribution in [1.29, 1.82) is 0 Å². The number of carbonyl (C=O) groups is 1. The third kappa shape index (κ3) is 2.97. The molecular weight excluding hydrogens is 366 g/mol. The minimum absolute atomic E-state index is 0.0301. The molecule has 4 aromatic rings. The van der Waals surface area contributed by atoms with Crippen LogP contribution in [0.25, 0.3) is 22.5 Å². The van der Waals surface area contributed by atoms with Crippen molar-refractivity contribution in [1.82, 2.24) is 29.5 Å². The molecule has 0 unspecified atom stereocenters. The molecule has 0 spiro atoms. The number of anilines is 1. The number of fused-ring (bicyclic) bond motifs is 1. The van der Waals surface area contributed by atoms with E-state index in [-0.39, 0.29) is 11.8 Å². The number of aryl methyl sites for hydroxylation is 2. The van der Waals surface area contributed by atoms with Gasteiger partial charge >= 0.3 is 0 Å². The van der Waals surface area contributed by atoms with Crippen LogP contribution in [0.5, 0.6) is 0 Å². The van der Waals surface area contributed by atoms with E-state index in [0.717, 1.165) is 35.2 Å². The third-order valence-corrected chi connectivity index (χ3v) is 5.38. The lowest BCUT2D eigenvalue weighted by Crippen LogP contribution is -2.17. The molecule has 29 heavy (non-hydrogen) atoms. The van der Waals surface area contributed by atoms with Crippen LogP contribution in [-0.4, -0.2) is 35.4 Å². The fraction of sp³-hybridized carbons (Fsp3) is 0.286. The number of amides is 1. The highest BCUT2D eigenvalue weighted by atomic mass is 16.2. The van der Waals surface area contributed by atoms with Gasteiger partial charge in [-0.2, -0.15) is 14.9 Å². The average molecular weight is 387 g/mol. The Morgan fingerprint density at radius 1 is 1.14 bits per heavy atom. The first-order valence-corrected chi connectivity index (χ1v) is 9.66. The lowest BCUT2D eigenvalue weighted by molar-refractivity contribution is -0.117. The van der Waals surface area contributed by atoms with Crippen molar-refractivity contribution < 1.29 is 4.79 Å². The Balaban J connectivity index is 1.64. The number of hydrogen-bond donors (Lipinski definition) is 1. The van der Waals surface area contributed by atoms with E-state index < -0.39 is 0 Å². The van der Waals surface area contributed by atoms with Crippen LogP contribution >= 0.6 is 0 Å². The molecule has 1 saturated carbocycles. The predicted octanol–water partition coefficient (Wildman–Crippen LogP) is 3.27. The highest BCUT2D eigenvalue weighted by Crippen LogP contribution is 2.31. The highest BCUT2D eigenvalue weighted by Gasteiger charge is 2.30. The molecule has 1 aromatic carbocycles. The molecule has 0 atom stereocenters. The van der Waals surface area contributed by atoms with E-state index in [2.05, 4.69) is 45.4 Å². The van der Waals surface area contributed by atoms with E-state index in [9.17, 15) is 4.79 Å². The molecule has 1 amide bonds. The van der Waals surface area contributed by atoms with Gasteiger partial charge in [0.25, 0.3) is 0 Å². The zero-order chi connectivity index (χ0) is 20.1. The molecule has 8 nitrogen and oxygen atoms in total. The SMILES string of the molecule is Cc1cc(NC(=O)C2CC2)n(-c2ncnc3c2cnn3-c2cccc(C)c2C)n1. The summed E-state index contributed by atoms with van der Waals surface area (Å²) in [6.45, 7) is 6.04. The van der Waals surface area contributed by atoms with E-state index in [4.69, 9.17) is 0 Å². The number of rotatable bonds is 4. The van der Waals surface area contributed by atoms with Crippen LogP contribution in [0.1, 0.15) is 29.7 Å². The maximum Gasteiger partial charge on any atom is 0.228 e. The minimum atomic E-state index is 0.0301. The quantitative estimate of drug-likeness (QED) is 0.580. The first kappa shape index (κ1) is 17.5. The average Bonchev–Trinajstić information content (AvgIpc) is 3.38. The molecular formula is C21H21N7O. The van der Waals surface area contributed by atoms with E-state index in [1.54, 1.807) is 10.9 Å². The predicted molar refractivity (Wildman–Crippen MR) is 109 cm³/mol. The van der Waals surface area contributed by atoms with Crippen LogP contribution in [0.3, 0.4) is 0 Å². The van der Waals surface area contributed by atoms with Gasteiger partial charge in [0, 0.05) is 12.0 Å². The van der Waals surface area contributed by atoms with Gasteiger partial charge in [0.2, 0.25) is 5.91 Å². The van der Waals surface area contributed by atoms with Crippen LogP contribution in [0.4, 0.5) is 5.82 Å². The topological polar surface area (TPSA) is 90.5 Å². The molecule has 3 aromatic heterocycles. The molecule has 8 heteroatoms. The molecule has 1 aliphatic carbocycles. The monoisotopic (exact) mass is 387 g/mol. The van der Waals surface area contributed by atoms with Crippen molar-refractivity contribution in [3.8, 4) is 11.5 Å². The van der Waals surface area contributed by atoms with Gasteiger partial charge in [-0.05, 0) is 50.8 Å². The van der Waals surface area contributed by atoms with Crippen molar-refractivity contribution >= 4 is 22.8 Å². The summed E-state index contributed by atoms with van der Waals surface area (Å²) in [5, 5.41) is 12.9. The maximum atomic E-state index is 12.3. The van der Waals surface area contributed by atoms with Crippen molar-refractivity contribution in [2.75, 3.05) is 5.32 Å². The summed E-state index contributed by atoms with van der Waals surface area (Å²) in [4.78, 5) is 21.2. The Bertz CT molecular complexity index is 1250. The molecule has 1 fully saturated rings. The fourth-order valence-corrected chi connectivity index (χ4v) is 3.47. The lowest BCUT2D eigenvalue weighted by Gasteiger charge is -2.10. The highest BCUT2D eigenvalue weighted by molar-refractivity contribution is 5.94. The smallest absolute Gasteiger partial charge is 0.228 e. The van der Waals surface area contributed by atoms with Crippen LogP contribution in [-0.2, 0) is 4.79 Å². The lowest BCUT2D eigenvalue weighted by atomic mass is 10.1. The van der Waals surface area contributed by atoms with Gasteiger partial charge < -0.3 is 5.32 Å². The zero-order valence-corrected chi connectivity index (χ0v) is 16.5. The molecule has 0 bridgehead atoms. The first-order valence-electron chi connectivity index (χ1n) is 9.66. The van der Waals surface area contributed by atoms with Gasteiger partial charge in [-0.3, -0.25) is 4.79 Å². The van der Waals surface area contributed by atoms with Gasteiger partial charge in [0.1, 0.15) is 12.1 Å². The summed E-state index contributed by atoms with van der Waals surface area (Å²) in [5.41, 5.74) is 4.79. The van der Waals surface area contributed by atoms with E-state index in [0.29, 0.717) is 17.3 Å². The Morgan fingerprint density at radius 3 is 2.76 bits per heavy atom. The van der Waals surface area contributed by atoms with Crippen molar-refractivity contribution in [2.45, 2.75) is 33.6 Å². The van der Waals surface area contributed by atoms with Crippen LogP contribution < -0.4 is 5.32 Å². The molecule has 3 heterocycles. The Kier molecular flexibility index (Phi) is 3.94. The summed E-state index contributed by atoms with van der Waals surface area (Å²) in [7, 11) is 0. The van der Waals surface area contributed by atoms with E-state index in [1.165, 1.54) is 11.9 Å². The number of aromatic nitrogens is 6. The van der Waals surface area contributed by atoms with Gasteiger partial charge in [0.05, 0.1) is 23.0 Å². The number of benzene rings is 1. The molecule has 5 rings (SSSR count). The molecule has 146 valence electrons. The van der Waals surface area contributed by atoms with Gasteiger partial charge in [0.15, 0.2) is 11.5 Å². The standard InChI is InChI=1S/C21H21N7O/c1-12-5-4-6-17(14(12)3)27-19-16(10-24-27)20(23-11-22-19)28-18(9-13(2)26-28)25-21(29)15-7-8-15/h4-6,9-11,15H,7-8H2,1-3H3,(H,25,29). The fourth-order valence-electron chi connectivity index (χ4n) is 3.47. The molecule has 0 aliphatic heterocycles. The van der Waals surface area contributed by atoms with Gasteiger partial charge in [-0.1, -0.05) is 12.1 Å². The number of hydrogen-bond acceptors (Lipinski definition) is 5. The summed E-state index contributed by atoms with van der Waals surface area (Å²) < 4.78 is 3.48. The second-order valence-electron chi connectivity index (χ2n) is 7.56. The largest absolute Gasteiger partial charge is 0.310 e. The summed E-state index contributed by atoms with van der Waals surface area (Å²) >= 11 is 0. The normalized spacial score (nSPS) is 13.8. The van der Waals surface area contributed by atoms with Crippen LogP contribution in [0.2, 0.25) is 0 Å². The van der Waals surface area contributed by atoms with Crippen LogP contribution in [0, 0.1) is 26.7 Å². The second-order valence-corrected chi connectivity index (χ2v) is 7.56. The molecule has 1 N–H and O–H groups in total. The van der Waals surface area contributed by atoms with E-state index >= 15 is 0 Å². The third-order valence-electron chi connectivity index (χ3n) is 5.38. The number of nitrogens with zero attached hydrogens (tertiary/aromatic N) is 6. The maximum absolute atomic E-state index is 12.3. The Morgan fingerprint density at radius 2 is 1.97 bits per heavy atom. The molecule has 1 aliphatic rings. The Labute approximate surface area is 167 Å². The summed E-state index contributed by atoms with van der Waals surface area (Å²) in [6, 6.07) is 7.96. The Hall–Kier alpha value is -3.55. The number of nitrogens with one attached hydrogen (secondary N) is 1. The van der Waals surface area contributed by atoms with Crippen molar-refractivity contribution in [3.63, 3.8) is 0 Å². The first-order chi connectivity index (χ1) is 14.0.